The van der Waals surface area contributed by atoms with Gasteiger partial charge in [-0.05, 0) is 24.6 Å². The van der Waals surface area contributed by atoms with E-state index in [0.717, 1.165) is 4.90 Å². The third kappa shape index (κ3) is 3.26. The lowest BCUT2D eigenvalue weighted by Crippen LogP contribution is -2.34. The summed E-state index contributed by atoms with van der Waals surface area (Å²) in [5.41, 5.74) is 0.598. The van der Waals surface area contributed by atoms with Gasteiger partial charge in [-0.25, -0.2) is 14.2 Å². The molecule has 1 aromatic carbocycles. The lowest BCUT2D eigenvalue weighted by molar-refractivity contribution is 0.199. The van der Waals surface area contributed by atoms with E-state index in [-0.39, 0.29) is 17.1 Å². The number of hydrogen-bond acceptors (Lipinski definition) is 2. The summed E-state index contributed by atoms with van der Waals surface area (Å²) in [4.78, 5) is 16.5. The summed E-state index contributed by atoms with van der Waals surface area (Å²) in [5.74, 6) is -0.724. The van der Waals surface area contributed by atoms with Gasteiger partial charge in [-0.3, -0.25) is 4.90 Å². The Hall–Kier alpha value is -2.40. The van der Waals surface area contributed by atoms with Crippen LogP contribution in [0.4, 0.5) is 14.9 Å². The van der Waals surface area contributed by atoms with Crippen molar-refractivity contribution in [1.82, 2.24) is 4.98 Å². The maximum Gasteiger partial charge on any atom is 0.412 e. The fourth-order valence-corrected chi connectivity index (χ4v) is 2.40. The number of para-hydroxylation sites is 1. The Bertz CT molecular complexity index is 679. The van der Waals surface area contributed by atoms with Crippen LogP contribution < -0.4 is 4.90 Å². The molecule has 1 amide bonds. The summed E-state index contributed by atoms with van der Waals surface area (Å²) >= 11 is 5.71. The molecule has 1 N–H and O–H groups in total. The van der Waals surface area contributed by atoms with Crippen molar-refractivity contribution in [2.75, 3.05) is 4.90 Å². The Morgan fingerprint density at radius 2 is 2.09 bits per heavy atom. The van der Waals surface area contributed by atoms with Gasteiger partial charge in [0, 0.05) is 17.4 Å². The molecule has 6 heteroatoms. The molecule has 114 valence electrons. The zero-order valence-electron chi connectivity index (χ0n) is 11.6. The topological polar surface area (TPSA) is 53.4 Å². The first-order valence-corrected chi connectivity index (χ1v) is 6.92. The Labute approximate surface area is 132 Å². The third-order valence-corrected chi connectivity index (χ3v) is 3.44. The first-order valence-electron chi connectivity index (χ1n) is 6.54. The van der Waals surface area contributed by atoms with Crippen LogP contribution in [0.15, 0.2) is 55.3 Å². The molecule has 0 aliphatic rings. The van der Waals surface area contributed by atoms with E-state index >= 15 is 0 Å². The second kappa shape index (κ2) is 7.04. The minimum absolute atomic E-state index is 0.158. The Balaban J connectivity index is 2.55. The number of anilines is 1. The van der Waals surface area contributed by atoms with Crippen molar-refractivity contribution >= 4 is 23.4 Å². The van der Waals surface area contributed by atoms with E-state index in [2.05, 4.69) is 11.6 Å². The highest BCUT2D eigenvalue weighted by Crippen LogP contribution is 2.33. The van der Waals surface area contributed by atoms with Crippen molar-refractivity contribution in [2.24, 2.45) is 0 Å². The number of carbonyl (C=O) groups is 1. The predicted molar refractivity (Wildman–Crippen MR) is 83.7 cm³/mol. The molecule has 0 radical (unpaired) electrons. The monoisotopic (exact) mass is 320 g/mol. The highest BCUT2D eigenvalue weighted by molar-refractivity contribution is 6.29. The van der Waals surface area contributed by atoms with E-state index in [1.165, 1.54) is 18.3 Å². The van der Waals surface area contributed by atoms with E-state index in [1.807, 2.05) is 0 Å². The van der Waals surface area contributed by atoms with Gasteiger partial charge in [0.25, 0.3) is 0 Å². The highest BCUT2D eigenvalue weighted by Gasteiger charge is 2.28. The van der Waals surface area contributed by atoms with Crippen LogP contribution in [0.3, 0.4) is 0 Å². The molecule has 0 saturated heterocycles. The van der Waals surface area contributed by atoms with E-state index in [0.29, 0.717) is 5.69 Å². The number of amides is 1. The Kier molecular flexibility index (Phi) is 5.12. The molecule has 0 fully saturated rings. The molecule has 22 heavy (non-hydrogen) atoms. The van der Waals surface area contributed by atoms with Crippen LogP contribution in [0.5, 0.6) is 0 Å². The summed E-state index contributed by atoms with van der Waals surface area (Å²) < 4.78 is 14.3. The Morgan fingerprint density at radius 1 is 1.41 bits per heavy atom. The van der Waals surface area contributed by atoms with Gasteiger partial charge in [0.15, 0.2) is 11.0 Å². The van der Waals surface area contributed by atoms with Crippen LogP contribution in [0.2, 0.25) is 5.15 Å². The summed E-state index contributed by atoms with van der Waals surface area (Å²) in [5, 5.41) is 9.28. The van der Waals surface area contributed by atoms with Gasteiger partial charge in [0.1, 0.15) is 0 Å². The van der Waals surface area contributed by atoms with Crippen molar-refractivity contribution < 1.29 is 14.3 Å². The van der Waals surface area contributed by atoms with Gasteiger partial charge in [-0.2, -0.15) is 0 Å². The summed E-state index contributed by atoms with van der Waals surface area (Å²) in [7, 11) is 0. The molecule has 4 nitrogen and oxygen atoms in total. The lowest BCUT2D eigenvalue weighted by atomic mass is 10.0. The molecule has 0 saturated carbocycles. The largest absolute Gasteiger partial charge is 0.465 e. The molecule has 0 aliphatic carbocycles. The van der Waals surface area contributed by atoms with E-state index in [4.69, 9.17) is 11.6 Å². The molecular formula is C16H14ClFN2O2. The van der Waals surface area contributed by atoms with Crippen molar-refractivity contribution in [3.05, 3.63) is 71.8 Å². The molecule has 0 bridgehead atoms. The number of hydrogen-bond donors (Lipinski definition) is 1. The van der Waals surface area contributed by atoms with E-state index in [9.17, 15) is 14.3 Å². The quantitative estimate of drug-likeness (QED) is 0.643. The van der Waals surface area contributed by atoms with E-state index < -0.39 is 18.0 Å². The molecule has 1 unspecified atom stereocenters. The summed E-state index contributed by atoms with van der Waals surface area (Å²) in [6.45, 7) is 3.62. The first kappa shape index (κ1) is 16.0. The van der Waals surface area contributed by atoms with Gasteiger partial charge in [-0.15, -0.1) is 6.58 Å². The van der Waals surface area contributed by atoms with Gasteiger partial charge in [-0.1, -0.05) is 35.9 Å². The fourth-order valence-electron chi connectivity index (χ4n) is 2.23. The molecule has 2 aromatic rings. The minimum atomic E-state index is -1.19. The van der Waals surface area contributed by atoms with Crippen molar-refractivity contribution in [3.8, 4) is 0 Å². The fraction of sp³-hybridized carbons (Fsp3) is 0.125. The van der Waals surface area contributed by atoms with Crippen LogP contribution in [-0.2, 0) is 0 Å². The zero-order valence-corrected chi connectivity index (χ0v) is 12.4. The number of aromatic nitrogens is 1. The number of rotatable bonds is 5. The third-order valence-electron chi connectivity index (χ3n) is 3.18. The van der Waals surface area contributed by atoms with Crippen molar-refractivity contribution in [3.63, 3.8) is 0 Å². The van der Waals surface area contributed by atoms with Crippen molar-refractivity contribution in [2.45, 2.75) is 12.5 Å². The lowest BCUT2D eigenvalue weighted by Gasteiger charge is -2.29. The minimum Gasteiger partial charge on any atom is -0.465 e. The maximum absolute atomic E-state index is 14.3. The maximum atomic E-state index is 14.3. The predicted octanol–water partition coefficient (Wildman–Crippen LogP) is 4.68. The van der Waals surface area contributed by atoms with Gasteiger partial charge in [0.2, 0.25) is 0 Å². The number of benzene rings is 1. The van der Waals surface area contributed by atoms with Crippen LogP contribution in [0.25, 0.3) is 0 Å². The van der Waals surface area contributed by atoms with Crippen LogP contribution in [0.1, 0.15) is 18.0 Å². The van der Waals surface area contributed by atoms with Gasteiger partial charge in [0.05, 0.1) is 6.04 Å². The Morgan fingerprint density at radius 3 is 2.68 bits per heavy atom. The number of halogens is 2. The zero-order chi connectivity index (χ0) is 16.1. The molecule has 0 spiro atoms. The van der Waals surface area contributed by atoms with Crippen molar-refractivity contribution in [1.29, 1.82) is 0 Å². The first-order chi connectivity index (χ1) is 10.6. The van der Waals surface area contributed by atoms with Crippen LogP contribution in [0, 0.1) is 5.82 Å². The molecule has 0 aliphatic heterocycles. The average molecular weight is 321 g/mol. The second-order valence-corrected chi connectivity index (χ2v) is 4.89. The SMILES string of the molecule is C=CCC(c1ccnc(Cl)c1F)N(C(=O)O)c1ccccc1. The number of pyridine rings is 1. The van der Waals surface area contributed by atoms with Crippen LogP contribution in [-0.4, -0.2) is 16.2 Å². The van der Waals surface area contributed by atoms with E-state index in [1.54, 1.807) is 30.3 Å². The molecule has 1 aromatic heterocycles. The number of carboxylic acid groups (broad SMARTS) is 1. The molecule has 1 atom stereocenters. The molecular weight excluding hydrogens is 307 g/mol. The summed E-state index contributed by atoms with van der Waals surface area (Å²) in [6.07, 6.45) is 1.93. The van der Waals surface area contributed by atoms with Gasteiger partial charge < -0.3 is 5.11 Å². The highest BCUT2D eigenvalue weighted by atomic mass is 35.5. The standard InChI is InChI=1S/C16H14ClFN2O2/c1-2-6-13(12-9-10-19-15(17)14(12)18)20(16(21)22)11-7-4-3-5-8-11/h2-5,7-10,13H,1,6H2,(H,21,22). The summed E-state index contributed by atoms with van der Waals surface area (Å²) in [6, 6.07) is 9.14. The second-order valence-electron chi connectivity index (χ2n) is 4.53. The van der Waals surface area contributed by atoms with Gasteiger partial charge >= 0.3 is 6.09 Å². The normalized spacial score (nSPS) is 11.7. The van der Waals surface area contributed by atoms with Crippen LogP contribution >= 0.6 is 11.6 Å². The number of nitrogens with zero attached hydrogens (tertiary/aromatic N) is 2. The average Bonchev–Trinajstić information content (AvgIpc) is 2.50. The smallest absolute Gasteiger partial charge is 0.412 e. The molecule has 1 heterocycles. The molecule has 2 rings (SSSR count).